The van der Waals surface area contributed by atoms with E-state index < -0.39 is 18.3 Å². The van der Waals surface area contributed by atoms with Crippen LogP contribution in [0.15, 0.2) is 18.7 Å². The highest BCUT2D eigenvalue weighted by Crippen LogP contribution is 2.37. The van der Waals surface area contributed by atoms with Gasteiger partial charge in [-0.3, -0.25) is 4.68 Å². The van der Waals surface area contributed by atoms with E-state index in [0.29, 0.717) is 11.0 Å². The van der Waals surface area contributed by atoms with Crippen molar-refractivity contribution in [3.8, 4) is 0 Å². The summed E-state index contributed by atoms with van der Waals surface area (Å²) in [6.45, 7) is 13.8. The Morgan fingerprint density at radius 3 is 2.30 bits per heavy atom. The van der Waals surface area contributed by atoms with Crippen LogP contribution >= 0.6 is 0 Å². The average molecular weight is 316 g/mol. The molecule has 0 amide bonds. The molecular formula is C17H22BFN2O2. The summed E-state index contributed by atoms with van der Waals surface area (Å²) >= 11 is 0. The molecule has 6 heteroatoms. The summed E-state index contributed by atoms with van der Waals surface area (Å²) in [5, 5.41) is 4.98. The number of allylic oxidation sites excluding steroid dienone is 1. The molecule has 2 aromatic rings. The van der Waals surface area contributed by atoms with E-state index in [0.717, 1.165) is 16.7 Å². The number of aryl methyl sites for hydroxylation is 1. The Labute approximate surface area is 136 Å². The third-order valence-electron chi connectivity index (χ3n) is 4.84. The van der Waals surface area contributed by atoms with E-state index in [1.54, 1.807) is 11.7 Å². The fraction of sp³-hybridized carbons (Fsp3) is 0.471. The summed E-state index contributed by atoms with van der Waals surface area (Å²) in [7, 11) is 1.19. The Kier molecular flexibility index (Phi) is 3.47. The zero-order valence-corrected chi connectivity index (χ0v) is 14.5. The molecule has 0 aliphatic carbocycles. The first-order valence-corrected chi connectivity index (χ1v) is 7.71. The van der Waals surface area contributed by atoms with Crippen LogP contribution < -0.4 is 5.46 Å². The number of fused-ring (bicyclic) bond motifs is 1. The first kappa shape index (κ1) is 16.2. The van der Waals surface area contributed by atoms with E-state index in [9.17, 15) is 4.39 Å². The van der Waals surface area contributed by atoms with Crippen LogP contribution in [-0.2, 0) is 16.4 Å². The largest absolute Gasteiger partial charge is 0.494 e. The molecule has 0 saturated carbocycles. The van der Waals surface area contributed by atoms with Gasteiger partial charge in [0, 0.05) is 12.4 Å². The second-order valence-corrected chi connectivity index (χ2v) is 7.24. The van der Waals surface area contributed by atoms with E-state index >= 15 is 0 Å². The molecule has 1 aromatic heterocycles. The van der Waals surface area contributed by atoms with Gasteiger partial charge in [-0.15, -0.1) is 0 Å². The smallest absolute Gasteiger partial charge is 0.399 e. The fourth-order valence-corrected chi connectivity index (χ4v) is 2.90. The van der Waals surface area contributed by atoms with Crippen molar-refractivity contribution in [3.05, 3.63) is 30.2 Å². The van der Waals surface area contributed by atoms with E-state index in [-0.39, 0.29) is 5.82 Å². The van der Waals surface area contributed by atoms with Gasteiger partial charge >= 0.3 is 7.12 Å². The van der Waals surface area contributed by atoms with Gasteiger partial charge in [0.1, 0.15) is 5.52 Å². The quantitative estimate of drug-likeness (QED) is 0.799. The van der Waals surface area contributed by atoms with Crippen LogP contribution in [0.25, 0.3) is 16.5 Å². The van der Waals surface area contributed by atoms with E-state index in [1.165, 1.54) is 6.07 Å². The van der Waals surface area contributed by atoms with Crippen LogP contribution in [0, 0.1) is 5.82 Å². The van der Waals surface area contributed by atoms with Gasteiger partial charge in [0.25, 0.3) is 0 Å². The van der Waals surface area contributed by atoms with E-state index in [4.69, 9.17) is 9.31 Å². The molecule has 4 nitrogen and oxygen atoms in total. The summed E-state index contributed by atoms with van der Waals surface area (Å²) < 4.78 is 28.2. The average Bonchev–Trinajstić information content (AvgIpc) is 2.83. The minimum Gasteiger partial charge on any atom is -0.399 e. The Morgan fingerprint density at radius 2 is 1.78 bits per heavy atom. The maximum atomic E-state index is 14.5. The van der Waals surface area contributed by atoms with Crippen LogP contribution in [0.3, 0.4) is 0 Å². The van der Waals surface area contributed by atoms with Crippen LogP contribution in [0.1, 0.15) is 40.3 Å². The van der Waals surface area contributed by atoms with Crippen molar-refractivity contribution in [2.45, 2.75) is 45.8 Å². The number of hydrogen-bond donors (Lipinski definition) is 0. The fourth-order valence-electron chi connectivity index (χ4n) is 2.90. The lowest BCUT2D eigenvalue weighted by Gasteiger charge is -2.32. The lowest BCUT2D eigenvalue weighted by atomic mass is 9.78. The number of rotatable bonds is 2. The van der Waals surface area contributed by atoms with Crippen molar-refractivity contribution in [2.75, 3.05) is 0 Å². The van der Waals surface area contributed by atoms with Gasteiger partial charge in [-0.05, 0) is 51.7 Å². The Balaban J connectivity index is 2.14. The monoisotopic (exact) mass is 316 g/mol. The van der Waals surface area contributed by atoms with Crippen molar-refractivity contribution in [3.63, 3.8) is 0 Å². The molecule has 1 fully saturated rings. The minimum absolute atomic E-state index is 0.339. The maximum Gasteiger partial charge on any atom is 0.494 e. The predicted molar refractivity (Wildman–Crippen MR) is 91.1 cm³/mol. The molecule has 1 aromatic carbocycles. The number of halogens is 1. The van der Waals surface area contributed by atoms with Gasteiger partial charge in [-0.1, -0.05) is 12.6 Å². The Hall–Kier alpha value is -1.66. The molecular weight excluding hydrogens is 294 g/mol. The predicted octanol–water partition coefficient (Wildman–Crippen LogP) is 3.04. The highest BCUT2D eigenvalue weighted by Gasteiger charge is 2.51. The molecule has 0 spiro atoms. The van der Waals surface area contributed by atoms with Crippen LogP contribution in [0.4, 0.5) is 4.39 Å². The zero-order chi connectivity index (χ0) is 17.2. The third kappa shape index (κ3) is 2.41. The zero-order valence-electron chi connectivity index (χ0n) is 14.5. The molecule has 2 heterocycles. The molecule has 0 bridgehead atoms. The summed E-state index contributed by atoms with van der Waals surface area (Å²) in [5.41, 5.74) is 1.72. The summed E-state index contributed by atoms with van der Waals surface area (Å²) in [4.78, 5) is 0. The minimum atomic E-state index is -0.600. The van der Waals surface area contributed by atoms with Crippen molar-refractivity contribution < 1.29 is 13.7 Å². The van der Waals surface area contributed by atoms with Gasteiger partial charge < -0.3 is 9.31 Å². The Morgan fingerprint density at radius 1 is 1.22 bits per heavy atom. The second-order valence-electron chi connectivity index (χ2n) is 7.24. The molecule has 3 rings (SSSR count). The van der Waals surface area contributed by atoms with Gasteiger partial charge in [-0.2, -0.15) is 5.10 Å². The number of hydrogen-bond acceptors (Lipinski definition) is 3. The van der Waals surface area contributed by atoms with Gasteiger partial charge in [0.2, 0.25) is 0 Å². The first-order chi connectivity index (χ1) is 10.5. The SMILES string of the molecule is C=C(C)c1c2cc(B3OC(C)(C)C(C)(C)O3)cc(F)c2nn1C. The first-order valence-electron chi connectivity index (χ1n) is 7.71. The molecule has 122 valence electrons. The van der Waals surface area contributed by atoms with Gasteiger partial charge in [0.05, 0.1) is 16.9 Å². The molecule has 1 aliphatic rings. The number of nitrogens with zero attached hydrogens (tertiary/aromatic N) is 2. The summed E-state index contributed by atoms with van der Waals surface area (Å²) in [6, 6.07) is 3.33. The molecule has 23 heavy (non-hydrogen) atoms. The van der Waals surface area contributed by atoms with Gasteiger partial charge in [-0.25, -0.2) is 4.39 Å². The lowest BCUT2D eigenvalue weighted by Crippen LogP contribution is -2.41. The van der Waals surface area contributed by atoms with Crippen molar-refractivity contribution in [1.82, 2.24) is 9.78 Å². The summed E-state index contributed by atoms with van der Waals surface area (Å²) in [6.07, 6.45) is 0. The number of aromatic nitrogens is 2. The topological polar surface area (TPSA) is 36.3 Å². The van der Waals surface area contributed by atoms with E-state index in [2.05, 4.69) is 11.7 Å². The third-order valence-corrected chi connectivity index (χ3v) is 4.84. The lowest BCUT2D eigenvalue weighted by molar-refractivity contribution is 0.00578. The molecule has 1 aliphatic heterocycles. The highest BCUT2D eigenvalue weighted by molar-refractivity contribution is 6.62. The Bertz CT molecular complexity index is 795. The van der Waals surface area contributed by atoms with Crippen LogP contribution in [-0.4, -0.2) is 28.1 Å². The maximum absolute atomic E-state index is 14.5. The molecule has 0 atom stereocenters. The number of benzene rings is 1. The molecule has 0 unspecified atom stereocenters. The van der Waals surface area contributed by atoms with Gasteiger partial charge in [0.15, 0.2) is 5.82 Å². The van der Waals surface area contributed by atoms with Crippen LogP contribution in [0.5, 0.6) is 0 Å². The van der Waals surface area contributed by atoms with Crippen molar-refractivity contribution >= 4 is 29.1 Å². The molecule has 1 saturated heterocycles. The second kappa shape index (κ2) is 4.92. The molecule has 0 radical (unpaired) electrons. The van der Waals surface area contributed by atoms with Crippen molar-refractivity contribution in [1.29, 1.82) is 0 Å². The van der Waals surface area contributed by atoms with Crippen LogP contribution in [0.2, 0.25) is 0 Å². The van der Waals surface area contributed by atoms with Crippen molar-refractivity contribution in [2.24, 2.45) is 7.05 Å². The normalized spacial score (nSPS) is 19.5. The van der Waals surface area contributed by atoms with E-state index in [1.807, 2.05) is 40.7 Å². The molecule has 0 N–H and O–H groups in total. The standard InChI is InChI=1S/C17H22BFN2O2/c1-10(2)15-12-8-11(9-13(19)14(12)20-21(15)7)18-22-16(3,4)17(5,6)23-18/h8-9H,1H2,2-7H3. The highest BCUT2D eigenvalue weighted by atomic mass is 19.1. The summed E-state index contributed by atoms with van der Waals surface area (Å²) in [5.74, 6) is -0.379.